The number of imide groups is 1. The highest BCUT2D eigenvalue weighted by Gasteiger charge is 2.34. The maximum atomic E-state index is 12.4. The van der Waals surface area contributed by atoms with E-state index in [9.17, 15) is 9.59 Å². The van der Waals surface area contributed by atoms with Gasteiger partial charge in [0.1, 0.15) is 5.75 Å². The maximum Gasteiger partial charge on any atom is 0.261 e. The zero-order valence-corrected chi connectivity index (χ0v) is 20.3. The van der Waals surface area contributed by atoms with Gasteiger partial charge in [-0.3, -0.25) is 14.5 Å². The molecule has 0 aliphatic carbocycles. The molecule has 3 aromatic rings. The first kappa shape index (κ1) is 24.0. The van der Waals surface area contributed by atoms with Crippen molar-refractivity contribution in [2.45, 2.75) is 45.4 Å². The Morgan fingerprint density at radius 3 is 2.06 bits per heavy atom. The number of rotatable bonds is 11. The van der Waals surface area contributed by atoms with Crippen molar-refractivity contribution in [3.63, 3.8) is 0 Å². The van der Waals surface area contributed by atoms with Gasteiger partial charge in [-0.25, -0.2) is 0 Å². The molecular weight excluding hydrogens is 446 g/mol. The zero-order valence-electron chi connectivity index (χ0n) is 19.6. The molecule has 4 rings (SSSR count). The average Bonchev–Trinajstić information content (AvgIpc) is 3.10. The number of hydrogen-bond donors (Lipinski definition) is 0. The van der Waals surface area contributed by atoms with Gasteiger partial charge in [-0.05, 0) is 49.1 Å². The predicted molar refractivity (Wildman–Crippen MR) is 137 cm³/mol. The fraction of sp³-hybridized carbons (Fsp3) is 0.310. The molecular formula is C29H30ClNO3. The Bertz CT molecular complexity index is 1140. The van der Waals surface area contributed by atoms with Gasteiger partial charge in [0.15, 0.2) is 0 Å². The van der Waals surface area contributed by atoms with Gasteiger partial charge in [0, 0.05) is 22.7 Å². The third kappa shape index (κ3) is 5.18. The van der Waals surface area contributed by atoms with Gasteiger partial charge in [0.25, 0.3) is 11.8 Å². The first-order valence-electron chi connectivity index (χ1n) is 12.1. The van der Waals surface area contributed by atoms with Crippen molar-refractivity contribution < 1.29 is 14.3 Å². The molecule has 34 heavy (non-hydrogen) atoms. The van der Waals surface area contributed by atoms with Crippen molar-refractivity contribution in [1.82, 2.24) is 4.90 Å². The largest absolute Gasteiger partial charge is 0.493 e. The quantitative estimate of drug-likeness (QED) is 0.217. The van der Waals surface area contributed by atoms with E-state index in [0.29, 0.717) is 24.3 Å². The lowest BCUT2D eigenvalue weighted by molar-refractivity contribution is 0.0651. The molecule has 2 amide bonds. The van der Waals surface area contributed by atoms with Gasteiger partial charge in [0.2, 0.25) is 0 Å². The van der Waals surface area contributed by atoms with Crippen LogP contribution in [0.4, 0.5) is 0 Å². The number of nitrogens with zero attached hydrogens (tertiary/aromatic N) is 1. The molecule has 0 atom stereocenters. The van der Waals surface area contributed by atoms with Crippen molar-refractivity contribution in [2.75, 3.05) is 13.2 Å². The lowest BCUT2D eigenvalue weighted by Crippen LogP contribution is -2.30. The van der Waals surface area contributed by atoms with Gasteiger partial charge < -0.3 is 4.74 Å². The molecule has 1 aliphatic rings. The van der Waals surface area contributed by atoms with E-state index in [1.165, 1.54) is 10.5 Å². The summed E-state index contributed by atoms with van der Waals surface area (Å²) in [6, 6.07) is 21.1. The topological polar surface area (TPSA) is 46.6 Å². The molecule has 176 valence electrons. The molecule has 0 N–H and O–H groups in total. The van der Waals surface area contributed by atoms with Crippen LogP contribution in [0.1, 0.15) is 65.3 Å². The van der Waals surface area contributed by atoms with Crippen LogP contribution in [0.25, 0.3) is 11.1 Å². The van der Waals surface area contributed by atoms with Crippen LogP contribution in [0, 0.1) is 0 Å². The predicted octanol–water partition coefficient (Wildman–Crippen LogP) is 7.19. The summed E-state index contributed by atoms with van der Waals surface area (Å²) in [5.41, 5.74) is 4.34. The summed E-state index contributed by atoms with van der Waals surface area (Å²) >= 11 is 6.54. The number of amides is 2. The normalized spacial score (nSPS) is 12.8. The Balaban J connectivity index is 1.21. The third-order valence-corrected chi connectivity index (χ3v) is 6.61. The molecule has 4 nitrogen and oxygen atoms in total. The Hall–Kier alpha value is -3.11. The van der Waals surface area contributed by atoms with Gasteiger partial charge in [-0.15, -0.1) is 0 Å². The van der Waals surface area contributed by atoms with Crippen LogP contribution in [-0.2, 0) is 6.42 Å². The summed E-state index contributed by atoms with van der Waals surface area (Å²) in [6.45, 7) is 3.25. The molecule has 0 spiro atoms. The second-order valence-corrected chi connectivity index (χ2v) is 8.95. The summed E-state index contributed by atoms with van der Waals surface area (Å²) in [7, 11) is 0. The summed E-state index contributed by atoms with van der Waals surface area (Å²) in [5.74, 6) is 0.519. The third-order valence-electron chi connectivity index (χ3n) is 6.30. The van der Waals surface area contributed by atoms with Gasteiger partial charge in [-0.2, -0.15) is 0 Å². The van der Waals surface area contributed by atoms with Crippen molar-refractivity contribution in [3.8, 4) is 16.9 Å². The van der Waals surface area contributed by atoms with Gasteiger partial charge in [-0.1, -0.05) is 80.3 Å². The number of aryl methyl sites for hydroxylation is 1. The van der Waals surface area contributed by atoms with Gasteiger partial charge >= 0.3 is 0 Å². The first-order chi connectivity index (χ1) is 16.6. The lowest BCUT2D eigenvalue weighted by atomic mass is 9.97. The fourth-order valence-electron chi connectivity index (χ4n) is 4.49. The van der Waals surface area contributed by atoms with Crippen LogP contribution >= 0.6 is 11.6 Å². The molecule has 1 heterocycles. The van der Waals surface area contributed by atoms with E-state index in [4.69, 9.17) is 16.3 Å². The average molecular weight is 476 g/mol. The first-order valence-corrected chi connectivity index (χ1v) is 12.4. The van der Waals surface area contributed by atoms with Crippen LogP contribution in [-0.4, -0.2) is 29.9 Å². The summed E-state index contributed by atoms with van der Waals surface area (Å²) in [5, 5.41) is 0.744. The van der Waals surface area contributed by atoms with Crippen LogP contribution in [0.3, 0.4) is 0 Å². The highest BCUT2D eigenvalue weighted by atomic mass is 35.5. The van der Waals surface area contributed by atoms with Crippen molar-refractivity contribution in [1.29, 1.82) is 0 Å². The van der Waals surface area contributed by atoms with Crippen LogP contribution in [0.2, 0.25) is 5.02 Å². The van der Waals surface area contributed by atoms with E-state index in [-0.39, 0.29) is 11.8 Å². The minimum Gasteiger partial charge on any atom is -0.493 e. The van der Waals surface area contributed by atoms with Crippen LogP contribution < -0.4 is 4.74 Å². The number of benzene rings is 3. The molecule has 0 radical (unpaired) electrons. The Morgan fingerprint density at radius 1 is 0.735 bits per heavy atom. The summed E-state index contributed by atoms with van der Waals surface area (Å²) in [4.78, 5) is 26.2. The molecule has 1 aliphatic heterocycles. The molecule has 0 bridgehead atoms. The maximum absolute atomic E-state index is 12.4. The highest BCUT2D eigenvalue weighted by Crippen LogP contribution is 2.37. The SMILES string of the molecule is CCc1cccc(Cl)c1-c1ccccc1OCCCCCCCN1C(=O)c2ccccc2C1=O. The van der Waals surface area contributed by atoms with Crippen molar-refractivity contribution >= 4 is 23.4 Å². The van der Waals surface area contributed by atoms with Crippen molar-refractivity contribution in [3.05, 3.63) is 88.4 Å². The van der Waals surface area contributed by atoms with E-state index in [1.807, 2.05) is 30.3 Å². The Morgan fingerprint density at radius 2 is 1.35 bits per heavy atom. The van der Waals surface area contributed by atoms with E-state index in [2.05, 4.69) is 19.1 Å². The van der Waals surface area contributed by atoms with E-state index >= 15 is 0 Å². The van der Waals surface area contributed by atoms with Crippen LogP contribution in [0.15, 0.2) is 66.7 Å². The van der Waals surface area contributed by atoms with E-state index in [0.717, 1.165) is 60.4 Å². The van der Waals surface area contributed by atoms with Crippen molar-refractivity contribution in [2.24, 2.45) is 0 Å². The number of halogens is 1. The second kappa shape index (κ2) is 11.3. The zero-order chi connectivity index (χ0) is 23.9. The Labute approximate surface area is 206 Å². The molecule has 0 saturated carbocycles. The summed E-state index contributed by atoms with van der Waals surface area (Å²) < 4.78 is 6.14. The monoisotopic (exact) mass is 475 g/mol. The standard InChI is InChI=1S/C29H30ClNO3/c1-2-21-13-12-17-25(30)27(21)24-16-8-9-18-26(24)34-20-11-5-3-4-10-19-31-28(32)22-14-6-7-15-23(22)29(31)33/h6-9,12-18H,2-5,10-11,19-20H2,1H3. The number of para-hydroxylation sites is 1. The van der Waals surface area contributed by atoms with E-state index in [1.54, 1.807) is 24.3 Å². The molecule has 0 unspecified atom stereocenters. The molecule has 0 saturated heterocycles. The molecule has 0 aromatic heterocycles. The lowest BCUT2D eigenvalue weighted by Gasteiger charge is -2.16. The number of ether oxygens (including phenoxy) is 1. The van der Waals surface area contributed by atoms with Crippen LogP contribution in [0.5, 0.6) is 5.75 Å². The fourth-order valence-corrected chi connectivity index (χ4v) is 4.79. The molecule has 3 aromatic carbocycles. The van der Waals surface area contributed by atoms with E-state index < -0.39 is 0 Å². The Kier molecular flexibility index (Phi) is 8.02. The number of fused-ring (bicyclic) bond motifs is 1. The second-order valence-electron chi connectivity index (χ2n) is 8.55. The minimum absolute atomic E-state index is 0.169. The smallest absolute Gasteiger partial charge is 0.261 e. The number of hydrogen-bond acceptors (Lipinski definition) is 3. The van der Waals surface area contributed by atoms with Gasteiger partial charge in [0.05, 0.1) is 17.7 Å². The number of unbranched alkanes of at least 4 members (excludes halogenated alkanes) is 4. The number of carbonyl (C=O) groups is 2. The summed E-state index contributed by atoms with van der Waals surface area (Å²) in [6.07, 6.45) is 5.73. The number of carbonyl (C=O) groups excluding carboxylic acids is 2. The highest BCUT2D eigenvalue weighted by molar-refractivity contribution is 6.33. The minimum atomic E-state index is -0.169. The molecule has 0 fully saturated rings. The molecule has 5 heteroatoms.